The molecule has 0 saturated carbocycles. The number of urea groups is 1. The smallest absolute Gasteiger partial charge is 0.344 e. The number of Topliss-reactive ketones (excluding diaryl/α,β-unsaturated/α-hetero) is 1. The summed E-state index contributed by atoms with van der Waals surface area (Å²) in [6.07, 6.45) is 2.18. The van der Waals surface area contributed by atoms with E-state index in [1.165, 1.54) is 0 Å². The Bertz CT molecular complexity index is 681. The van der Waals surface area contributed by atoms with Crippen molar-refractivity contribution in [1.82, 2.24) is 10.2 Å². The quantitative estimate of drug-likeness (QED) is 0.581. The second-order valence-corrected chi connectivity index (χ2v) is 8.95. The molecule has 2 aliphatic rings. The van der Waals surface area contributed by atoms with Crippen LogP contribution in [0.3, 0.4) is 0 Å². The highest BCUT2D eigenvalue weighted by molar-refractivity contribution is 6.24. The molecule has 0 radical (unpaired) electrons. The maximum absolute atomic E-state index is 12.8. The third-order valence-electron chi connectivity index (χ3n) is 6.69. The highest BCUT2D eigenvalue weighted by Crippen LogP contribution is 2.43. The molecule has 2 heterocycles. The van der Waals surface area contributed by atoms with Crippen LogP contribution in [0, 0.1) is 16.7 Å². The van der Waals surface area contributed by atoms with Gasteiger partial charge in [-0.15, -0.1) is 0 Å². The lowest BCUT2D eigenvalue weighted by Gasteiger charge is -2.41. The average molecular weight is 379 g/mol. The lowest BCUT2D eigenvalue weighted by molar-refractivity contribution is -0.126. The number of rotatable bonds is 3. The molecule has 1 fully saturated rings. The number of nitrogens with zero attached hydrogens (tertiary/aromatic N) is 2. The van der Waals surface area contributed by atoms with Crippen molar-refractivity contribution in [3.05, 3.63) is 11.8 Å². The molecule has 2 amide bonds. The molecule has 2 rings (SSSR count). The fourth-order valence-corrected chi connectivity index (χ4v) is 3.77. The molecule has 0 aromatic heterocycles. The number of ketones is 1. The standard InChI is InChI=1S/C20H34N4O3/c1-9-14-11(2)19(4,5)17(27-14)23-18(26)22-16(21)13-10-24(8)12(3)20(6,7)15(13)25/h10-12,14,17H,9H2,1-8H3,(H3,21,22,23,26)/t11-,12?,14+,17+/m0/s1. The minimum atomic E-state index is -0.615. The number of amidine groups is 1. The number of hydrogen-bond acceptors (Lipinski definition) is 4. The van der Waals surface area contributed by atoms with Crippen molar-refractivity contribution in [2.75, 3.05) is 7.05 Å². The van der Waals surface area contributed by atoms with Crippen molar-refractivity contribution in [3.63, 3.8) is 0 Å². The molecule has 1 saturated heterocycles. The Morgan fingerprint density at radius 1 is 1.33 bits per heavy atom. The van der Waals surface area contributed by atoms with E-state index in [0.717, 1.165) is 6.42 Å². The van der Waals surface area contributed by atoms with Gasteiger partial charge in [-0.3, -0.25) is 4.79 Å². The molecule has 2 aliphatic heterocycles. The molecule has 0 bridgehead atoms. The third-order valence-corrected chi connectivity index (χ3v) is 6.69. The number of ether oxygens (including phenoxy) is 1. The normalized spacial score (nSPS) is 33.0. The largest absolute Gasteiger partial charge is 0.383 e. The Labute approximate surface area is 162 Å². The predicted octanol–water partition coefficient (Wildman–Crippen LogP) is 2.66. The molecule has 27 heavy (non-hydrogen) atoms. The monoisotopic (exact) mass is 378 g/mol. The number of carbonyl (C=O) groups excluding carboxylic acids is 2. The minimum absolute atomic E-state index is 0.0236. The Balaban J connectivity index is 2.18. The lowest BCUT2D eigenvalue weighted by atomic mass is 9.75. The van der Waals surface area contributed by atoms with Crippen LogP contribution < -0.4 is 11.1 Å². The van der Waals surface area contributed by atoms with Gasteiger partial charge >= 0.3 is 6.03 Å². The van der Waals surface area contributed by atoms with Gasteiger partial charge in [-0.1, -0.05) is 41.5 Å². The van der Waals surface area contributed by atoms with Gasteiger partial charge < -0.3 is 20.7 Å². The van der Waals surface area contributed by atoms with Gasteiger partial charge in [-0.05, 0) is 19.3 Å². The SMILES string of the molecule is CC[C@H]1O[C@@H](NC(=O)N=C(N)C2=CN(C)C(C)C(C)(C)C2=O)C(C)(C)[C@H]1C. The summed E-state index contributed by atoms with van der Waals surface area (Å²) < 4.78 is 5.99. The van der Waals surface area contributed by atoms with E-state index < -0.39 is 17.7 Å². The average Bonchev–Trinajstić information content (AvgIpc) is 2.79. The summed E-state index contributed by atoms with van der Waals surface area (Å²) >= 11 is 0. The first-order chi connectivity index (χ1) is 12.3. The Hall–Kier alpha value is -1.89. The van der Waals surface area contributed by atoms with Crippen molar-refractivity contribution in [2.24, 2.45) is 27.5 Å². The Kier molecular flexibility index (Phi) is 5.76. The third kappa shape index (κ3) is 3.74. The minimum Gasteiger partial charge on any atom is -0.383 e. The zero-order chi connectivity index (χ0) is 20.7. The number of nitrogens with two attached hydrogens (primary N) is 1. The number of carbonyl (C=O) groups is 2. The van der Waals surface area contributed by atoms with Crippen LogP contribution in [0.1, 0.15) is 54.9 Å². The molecule has 0 aromatic rings. The fraction of sp³-hybridized carbons (Fsp3) is 0.750. The van der Waals surface area contributed by atoms with E-state index in [9.17, 15) is 9.59 Å². The molecule has 0 spiro atoms. The van der Waals surface area contributed by atoms with Crippen LogP contribution in [0.4, 0.5) is 4.79 Å². The van der Waals surface area contributed by atoms with Crippen LogP contribution in [0.2, 0.25) is 0 Å². The van der Waals surface area contributed by atoms with Crippen LogP contribution in [0.5, 0.6) is 0 Å². The second kappa shape index (κ2) is 7.26. The Morgan fingerprint density at radius 2 is 1.93 bits per heavy atom. The summed E-state index contributed by atoms with van der Waals surface area (Å²) in [4.78, 5) is 31.1. The summed E-state index contributed by atoms with van der Waals surface area (Å²) in [5, 5.41) is 2.81. The first kappa shape index (κ1) is 21.4. The highest BCUT2D eigenvalue weighted by Gasteiger charge is 2.48. The molecule has 7 heteroatoms. The van der Waals surface area contributed by atoms with E-state index in [4.69, 9.17) is 10.5 Å². The summed E-state index contributed by atoms with van der Waals surface area (Å²) in [5.74, 6) is 0.118. The molecule has 1 unspecified atom stereocenters. The van der Waals surface area contributed by atoms with Crippen molar-refractivity contribution in [1.29, 1.82) is 0 Å². The Morgan fingerprint density at radius 3 is 2.44 bits per heavy atom. The first-order valence-electron chi connectivity index (χ1n) is 9.63. The van der Waals surface area contributed by atoms with E-state index in [-0.39, 0.29) is 34.8 Å². The molecule has 152 valence electrons. The fourth-order valence-electron chi connectivity index (χ4n) is 3.77. The van der Waals surface area contributed by atoms with E-state index in [1.807, 2.05) is 32.7 Å². The summed E-state index contributed by atoms with van der Waals surface area (Å²) in [5.41, 5.74) is 5.45. The maximum Gasteiger partial charge on any atom is 0.344 e. The van der Waals surface area contributed by atoms with Crippen LogP contribution in [0.25, 0.3) is 0 Å². The topological polar surface area (TPSA) is 97.0 Å². The molecule has 0 aliphatic carbocycles. The van der Waals surface area contributed by atoms with Gasteiger partial charge in [-0.2, -0.15) is 4.99 Å². The highest BCUT2D eigenvalue weighted by atomic mass is 16.5. The molecule has 3 N–H and O–H groups in total. The van der Waals surface area contributed by atoms with Gasteiger partial charge in [0.15, 0.2) is 5.78 Å². The zero-order valence-corrected chi connectivity index (χ0v) is 17.8. The first-order valence-corrected chi connectivity index (χ1v) is 9.63. The van der Waals surface area contributed by atoms with Gasteiger partial charge in [0.2, 0.25) is 0 Å². The van der Waals surface area contributed by atoms with Crippen LogP contribution >= 0.6 is 0 Å². The number of nitrogens with one attached hydrogen (secondary N) is 1. The second-order valence-electron chi connectivity index (χ2n) is 8.95. The van der Waals surface area contributed by atoms with E-state index in [1.54, 1.807) is 6.20 Å². The number of amides is 2. The van der Waals surface area contributed by atoms with E-state index in [0.29, 0.717) is 5.92 Å². The summed E-state index contributed by atoms with van der Waals surface area (Å²) in [7, 11) is 1.88. The summed E-state index contributed by atoms with van der Waals surface area (Å²) in [6.45, 7) is 14.1. The number of aliphatic imine (C=N–C) groups is 1. The van der Waals surface area contributed by atoms with Crippen LogP contribution in [-0.2, 0) is 9.53 Å². The molecule has 0 aromatic carbocycles. The molecule has 4 atom stereocenters. The molecular weight excluding hydrogens is 344 g/mol. The van der Waals surface area contributed by atoms with Crippen LogP contribution in [0.15, 0.2) is 16.8 Å². The predicted molar refractivity (Wildman–Crippen MR) is 106 cm³/mol. The van der Waals surface area contributed by atoms with Gasteiger partial charge in [0.25, 0.3) is 0 Å². The van der Waals surface area contributed by atoms with Crippen molar-refractivity contribution in [2.45, 2.75) is 73.3 Å². The lowest BCUT2D eigenvalue weighted by Crippen LogP contribution is -2.50. The van der Waals surface area contributed by atoms with Crippen molar-refractivity contribution < 1.29 is 14.3 Å². The van der Waals surface area contributed by atoms with Gasteiger partial charge in [-0.25, -0.2) is 4.79 Å². The van der Waals surface area contributed by atoms with Crippen molar-refractivity contribution in [3.8, 4) is 0 Å². The van der Waals surface area contributed by atoms with Crippen molar-refractivity contribution >= 4 is 17.6 Å². The van der Waals surface area contributed by atoms with Gasteiger partial charge in [0.05, 0.1) is 11.7 Å². The van der Waals surface area contributed by atoms with E-state index in [2.05, 4.69) is 38.0 Å². The summed E-state index contributed by atoms with van der Waals surface area (Å²) in [6, 6.07) is -0.571. The maximum atomic E-state index is 12.8. The molecule has 7 nitrogen and oxygen atoms in total. The zero-order valence-electron chi connectivity index (χ0n) is 17.8. The van der Waals surface area contributed by atoms with Gasteiger partial charge in [0.1, 0.15) is 12.1 Å². The number of hydrogen-bond donors (Lipinski definition) is 2. The van der Waals surface area contributed by atoms with Gasteiger partial charge in [0, 0.05) is 30.1 Å². The van der Waals surface area contributed by atoms with Crippen LogP contribution in [-0.4, -0.2) is 48.0 Å². The molecular formula is C20H34N4O3. The van der Waals surface area contributed by atoms with E-state index >= 15 is 0 Å².